The summed E-state index contributed by atoms with van der Waals surface area (Å²) in [5.74, 6) is 0. The standard InChI is InChI=1S/C14H20O2/c1-4-12-9-7-8-10-13(12)14(5-2,6-3)16-11-15/h7-11H,4-6H2,1-3H3. The highest BCUT2D eigenvalue weighted by atomic mass is 16.5. The lowest BCUT2D eigenvalue weighted by Crippen LogP contribution is -2.29. The Balaban J connectivity index is 3.23. The van der Waals surface area contributed by atoms with Crippen LogP contribution in [0, 0.1) is 0 Å². The fourth-order valence-electron chi connectivity index (χ4n) is 2.23. The third-order valence-corrected chi connectivity index (χ3v) is 3.31. The number of hydrogen-bond acceptors (Lipinski definition) is 2. The Labute approximate surface area is 97.6 Å². The van der Waals surface area contributed by atoms with E-state index in [0.717, 1.165) is 24.8 Å². The van der Waals surface area contributed by atoms with Crippen LogP contribution in [0.3, 0.4) is 0 Å². The fourth-order valence-corrected chi connectivity index (χ4v) is 2.23. The maximum atomic E-state index is 10.7. The molecule has 88 valence electrons. The Morgan fingerprint density at radius 1 is 1.19 bits per heavy atom. The van der Waals surface area contributed by atoms with Crippen molar-refractivity contribution in [3.8, 4) is 0 Å². The molecule has 0 aliphatic heterocycles. The van der Waals surface area contributed by atoms with Crippen LogP contribution in [0.2, 0.25) is 0 Å². The summed E-state index contributed by atoms with van der Waals surface area (Å²) >= 11 is 0. The van der Waals surface area contributed by atoms with Crippen LogP contribution in [0.25, 0.3) is 0 Å². The highest BCUT2D eigenvalue weighted by molar-refractivity contribution is 5.42. The van der Waals surface area contributed by atoms with E-state index in [9.17, 15) is 4.79 Å². The van der Waals surface area contributed by atoms with Crippen LogP contribution < -0.4 is 0 Å². The minimum absolute atomic E-state index is 0.450. The van der Waals surface area contributed by atoms with Gasteiger partial charge < -0.3 is 4.74 Å². The van der Waals surface area contributed by atoms with Crippen LogP contribution in [0.5, 0.6) is 0 Å². The lowest BCUT2D eigenvalue weighted by molar-refractivity contribution is -0.145. The van der Waals surface area contributed by atoms with Gasteiger partial charge >= 0.3 is 0 Å². The van der Waals surface area contributed by atoms with E-state index in [1.54, 1.807) is 0 Å². The molecule has 0 aliphatic carbocycles. The van der Waals surface area contributed by atoms with Crippen LogP contribution >= 0.6 is 0 Å². The number of benzene rings is 1. The first-order valence-corrected chi connectivity index (χ1v) is 5.93. The molecule has 16 heavy (non-hydrogen) atoms. The zero-order valence-corrected chi connectivity index (χ0v) is 10.3. The average molecular weight is 220 g/mol. The Hall–Kier alpha value is -1.31. The Bertz CT molecular complexity index is 340. The number of carbonyl (C=O) groups is 1. The van der Waals surface area contributed by atoms with Crippen molar-refractivity contribution < 1.29 is 9.53 Å². The summed E-state index contributed by atoms with van der Waals surface area (Å²) in [6.45, 7) is 6.80. The second-order valence-electron chi connectivity index (χ2n) is 3.93. The summed E-state index contributed by atoms with van der Waals surface area (Å²) in [6.07, 6.45) is 2.57. The number of ether oxygens (including phenoxy) is 1. The number of rotatable bonds is 6. The second kappa shape index (κ2) is 5.69. The normalized spacial score (nSPS) is 11.2. The van der Waals surface area contributed by atoms with Gasteiger partial charge in [0.05, 0.1) is 0 Å². The highest BCUT2D eigenvalue weighted by Crippen LogP contribution is 2.34. The second-order valence-corrected chi connectivity index (χ2v) is 3.93. The maximum absolute atomic E-state index is 10.7. The number of aryl methyl sites for hydroxylation is 1. The predicted molar refractivity (Wildman–Crippen MR) is 65.2 cm³/mol. The third-order valence-electron chi connectivity index (χ3n) is 3.31. The first-order valence-electron chi connectivity index (χ1n) is 5.93. The predicted octanol–water partition coefficient (Wildman–Crippen LogP) is 3.44. The van der Waals surface area contributed by atoms with Crippen molar-refractivity contribution in [2.75, 3.05) is 0 Å². The van der Waals surface area contributed by atoms with Crippen molar-refractivity contribution in [2.24, 2.45) is 0 Å². The topological polar surface area (TPSA) is 26.3 Å². The molecule has 0 fully saturated rings. The van der Waals surface area contributed by atoms with Crippen molar-refractivity contribution in [1.29, 1.82) is 0 Å². The molecule has 0 amide bonds. The van der Waals surface area contributed by atoms with E-state index in [1.165, 1.54) is 5.56 Å². The lowest BCUT2D eigenvalue weighted by Gasteiger charge is -2.32. The number of carbonyl (C=O) groups excluding carboxylic acids is 1. The molecule has 0 unspecified atom stereocenters. The minimum Gasteiger partial charge on any atom is -0.456 e. The van der Waals surface area contributed by atoms with Gasteiger partial charge in [0.1, 0.15) is 5.60 Å². The molecule has 1 aromatic rings. The molecule has 0 atom stereocenters. The van der Waals surface area contributed by atoms with E-state index < -0.39 is 5.60 Å². The molecule has 1 aromatic carbocycles. The van der Waals surface area contributed by atoms with E-state index in [2.05, 4.69) is 32.9 Å². The fraction of sp³-hybridized carbons (Fsp3) is 0.500. The van der Waals surface area contributed by atoms with Gasteiger partial charge in [-0.15, -0.1) is 0 Å². The summed E-state index contributed by atoms with van der Waals surface area (Å²) in [7, 11) is 0. The molecule has 2 heteroatoms. The summed E-state index contributed by atoms with van der Waals surface area (Å²) in [6, 6.07) is 8.20. The van der Waals surface area contributed by atoms with Crippen molar-refractivity contribution >= 4 is 6.47 Å². The molecule has 0 radical (unpaired) electrons. The molecule has 0 heterocycles. The van der Waals surface area contributed by atoms with Crippen molar-refractivity contribution in [3.63, 3.8) is 0 Å². The Kier molecular flexibility index (Phi) is 4.53. The zero-order valence-electron chi connectivity index (χ0n) is 10.3. The van der Waals surface area contributed by atoms with Crippen LogP contribution in [0.1, 0.15) is 44.7 Å². The van der Waals surface area contributed by atoms with Gasteiger partial charge in [-0.1, -0.05) is 45.0 Å². The molecular weight excluding hydrogens is 200 g/mol. The molecule has 0 N–H and O–H groups in total. The van der Waals surface area contributed by atoms with Gasteiger partial charge in [-0.3, -0.25) is 4.79 Å². The molecule has 1 rings (SSSR count). The first kappa shape index (κ1) is 12.8. The summed E-state index contributed by atoms with van der Waals surface area (Å²) in [5.41, 5.74) is 1.96. The summed E-state index contributed by atoms with van der Waals surface area (Å²) in [4.78, 5) is 10.7. The van der Waals surface area contributed by atoms with Crippen LogP contribution in [-0.2, 0) is 21.6 Å². The van der Waals surface area contributed by atoms with Crippen molar-refractivity contribution in [1.82, 2.24) is 0 Å². The average Bonchev–Trinajstić information content (AvgIpc) is 2.36. The van der Waals surface area contributed by atoms with Crippen LogP contribution in [0.15, 0.2) is 24.3 Å². The van der Waals surface area contributed by atoms with E-state index >= 15 is 0 Å². The highest BCUT2D eigenvalue weighted by Gasteiger charge is 2.31. The SMILES string of the molecule is CCc1ccccc1C(CC)(CC)OC=O. The van der Waals surface area contributed by atoms with E-state index in [4.69, 9.17) is 4.74 Å². The van der Waals surface area contributed by atoms with Gasteiger partial charge in [0, 0.05) is 0 Å². The number of hydrogen-bond donors (Lipinski definition) is 0. The minimum atomic E-state index is -0.450. The van der Waals surface area contributed by atoms with Crippen molar-refractivity contribution in [3.05, 3.63) is 35.4 Å². The largest absolute Gasteiger partial charge is 0.456 e. The molecule has 2 nitrogen and oxygen atoms in total. The summed E-state index contributed by atoms with van der Waals surface area (Å²) < 4.78 is 5.38. The van der Waals surface area contributed by atoms with E-state index in [0.29, 0.717) is 6.47 Å². The first-order chi connectivity index (χ1) is 7.74. The molecule has 0 saturated heterocycles. The molecule has 0 aromatic heterocycles. The van der Waals surface area contributed by atoms with Gasteiger partial charge in [0.2, 0.25) is 0 Å². The van der Waals surface area contributed by atoms with Gasteiger partial charge in [0.15, 0.2) is 0 Å². The monoisotopic (exact) mass is 220 g/mol. The molecule has 0 saturated carbocycles. The smallest absolute Gasteiger partial charge is 0.293 e. The quantitative estimate of drug-likeness (QED) is 0.686. The van der Waals surface area contributed by atoms with Crippen LogP contribution in [-0.4, -0.2) is 6.47 Å². The van der Waals surface area contributed by atoms with Gasteiger partial charge in [-0.25, -0.2) is 0 Å². The van der Waals surface area contributed by atoms with Crippen LogP contribution in [0.4, 0.5) is 0 Å². The Morgan fingerprint density at radius 2 is 1.81 bits per heavy atom. The molecule has 0 bridgehead atoms. The van der Waals surface area contributed by atoms with Crippen molar-refractivity contribution in [2.45, 2.75) is 45.6 Å². The van der Waals surface area contributed by atoms with E-state index in [1.807, 2.05) is 12.1 Å². The lowest BCUT2D eigenvalue weighted by atomic mass is 9.84. The van der Waals surface area contributed by atoms with Gasteiger partial charge in [-0.2, -0.15) is 0 Å². The van der Waals surface area contributed by atoms with E-state index in [-0.39, 0.29) is 0 Å². The van der Waals surface area contributed by atoms with Gasteiger partial charge in [0.25, 0.3) is 6.47 Å². The molecular formula is C14H20O2. The molecule has 0 aliphatic rings. The van der Waals surface area contributed by atoms with Gasteiger partial charge in [-0.05, 0) is 30.4 Å². The zero-order chi connectivity index (χ0) is 12.0. The summed E-state index contributed by atoms with van der Waals surface area (Å²) in [5, 5.41) is 0. The molecule has 0 spiro atoms. The Morgan fingerprint density at radius 3 is 2.31 bits per heavy atom. The maximum Gasteiger partial charge on any atom is 0.293 e. The third kappa shape index (κ3) is 2.26.